The highest BCUT2D eigenvalue weighted by Gasteiger charge is 2.46. The summed E-state index contributed by atoms with van der Waals surface area (Å²) in [5.41, 5.74) is -10.3. The Balaban J connectivity index is 0.000000518. The maximum Gasteiger partial charge on any atom is 0.480 e. The summed E-state index contributed by atoms with van der Waals surface area (Å²) in [6.45, 7) is 3.22. The third-order valence-electron chi connectivity index (χ3n) is 1.67. The number of nitrogens with zero attached hydrogens (tertiary/aromatic N) is 2. The maximum atomic E-state index is 11.4. The molecule has 0 fully saturated rings. The normalized spacial score (nSPS) is 13.4. The van der Waals surface area contributed by atoms with E-state index in [9.17, 15) is 43.2 Å². The lowest BCUT2D eigenvalue weighted by Crippen LogP contribution is -2.30. The second-order valence-corrected chi connectivity index (χ2v) is 7.45. The Hall–Kier alpha value is -0.930. The van der Waals surface area contributed by atoms with Crippen molar-refractivity contribution in [2.75, 3.05) is 0 Å². The molecule has 0 bridgehead atoms. The van der Waals surface area contributed by atoms with E-state index in [-0.39, 0.29) is 0 Å². The second kappa shape index (κ2) is 7.10. The molecule has 1 aromatic heterocycles. The molecule has 0 radical (unpaired) electrons. The number of hydrogen-bond acceptors (Lipinski definition) is 5. The summed E-state index contributed by atoms with van der Waals surface area (Å²) in [6.07, 6.45) is 2.07. The number of aryl methyl sites for hydroxylation is 1. The van der Waals surface area contributed by atoms with Gasteiger partial charge >= 0.3 is 11.0 Å². The fraction of sp³-hybridized carbons (Fsp3) is 0.571. The van der Waals surface area contributed by atoms with Crippen LogP contribution in [0, 0.1) is 0 Å². The first-order chi connectivity index (χ1) is 9.64. The zero-order chi connectivity index (χ0) is 17.8. The molecule has 0 spiro atoms. The van der Waals surface area contributed by atoms with Crippen LogP contribution in [0.25, 0.3) is 4.13 Å². The van der Waals surface area contributed by atoms with Gasteiger partial charge in [0.15, 0.2) is 26.2 Å². The van der Waals surface area contributed by atoms with Crippen LogP contribution in [0.3, 0.4) is 0 Å². The van der Waals surface area contributed by atoms with Gasteiger partial charge in [-0.1, -0.05) is 11.3 Å². The van der Waals surface area contributed by atoms with E-state index in [2.05, 4.69) is 28.6 Å². The lowest BCUT2D eigenvalue weighted by Gasteiger charge is -2.22. The number of hydrogen-bond donors (Lipinski definition) is 0. The minimum absolute atomic E-state index is 0.778. The van der Waals surface area contributed by atoms with Crippen LogP contribution in [0.15, 0.2) is 17.1 Å². The Morgan fingerprint density at radius 2 is 1.41 bits per heavy atom. The van der Waals surface area contributed by atoms with Gasteiger partial charge in [0, 0.05) is 0 Å². The zero-order valence-corrected chi connectivity index (χ0v) is 12.9. The highest BCUT2D eigenvalue weighted by molar-refractivity contribution is 8.13. The van der Waals surface area contributed by atoms with E-state index < -0.39 is 31.1 Å². The van der Waals surface area contributed by atoms with Crippen LogP contribution in [-0.2, 0) is 26.6 Å². The molecule has 0 aliphatic carbocycles. The number of thiazole rings is 1. The van der Waals surface area contributed by atoms with Crippen molar-refractivity contribution < 1.29 is 47.7 Å². The molecule has 15 heteroatoms. The van der Waals surface area contributed by atoms with Crippen LogP contribution in [0.2, 0.25) is 0 Å². The molecule has 0 aliphatic rings. The van der Waals surface area contributed by atoms with Crippen LogP contribution in [-0.4, -0.2) is 27.9 Å². The third-order valence-corrected chi connectivity index (χ3v) is 5.08. The summed E-state index contributed by atoms with van der Waals surface area (Å²) in [5, 5.41) is 2.07. The van der Waals surface area contributed by atoms with Crippen molar-refractivity contribution in [2.45, 2.75) is 24.5 Å². The predicted molar refractivity (Wildman–Crippen MR) is 63.5 cm³/mol. The Labute approximate surface area is 125 Å². The first-order valence-electron chi connectivity index (χ1n) is 4.92. The van der Waals surface area contributed by atoms with Gasteiger partial charge in [-0.25, -0.2) is 16.8 Å². The van der Waals surface area contributed by atoms with Crippen molar-refractivity contribution in [3.8, 4) is 0 Å². The average molecular weight is 394 g/mol. The molecule has 0 N–H and O–H groups in total. The highest BCUT2D eigenvalue weighted by Crippen LogP contribution is 2.36. The first-order valence-corrected chi connectivity index (χ1v) is 8.74. The Kier molecular flexibility index (Phi) is 6.80. The van der Waals surface area contributed by atoms with E-state index in [1.54, 1.807) is 11.3 Å². The van der Waals surface area contributed by atoms with E-state index in [1.807, 2.05) is 0 Å². The van der Waals surface area contributed by atoms with Gasteiger partial charge < -0.3 is 4.13 Å². The molecule has 130 valence electrons. The first kappa shape index (κ1) is 21.1. The Morgan fingerprint density at radius 1 is 1.00 bits per heavy atom. The van der Waals surface area contributed by atoms with Crippen molar-refractivity contribution >= 4 is 31.4 Å². The SMILES string of the molecule is CC[n+]1ccsc1.O=S(=O)([N-]S(=O)(=O)C(F)(F)F)C(F)(F)F. The Bertz CT molecular complexity index is 620. The lowest BCUT2D eigenvalue weighted by atomic mass is 10.7. The quantitative estimate of drug-likeness (QED) is 0.581. The number of halogens is 6. The van der Waals surface area contributed by atoms with Crippen LogP contribution in [0.5, 0.6) is 0 Å². The van der Waals surface area contributed by atoms with Crippen LogP contribution >= 0.6 is 11.3 Å². The molecule has 1 rings (SSSR count). The fourth-order valence-electron chi connectivity index (χ4n) is 0.655. The highest BCUT2D eigenvalue weighted by atomic mass is 32.3. The number of aromatic nitrogens is 1. The molecule has 0 aliphatic heterocycles. The minimum Gasteiger partial charge on any atom is -0.421 e. The average Bonchev–Trinajstić information content (AvgIpc) is 2.77. The van der Waals surface area contributed by atoms with Gasteiger partial charge in [0.25, 0.3) is 0 Å². The van der Waals surface area contributed by atoms with Crippen molar-refractivity contribution in [3.63, 3.8) is 0 Å². The van der Waals surface area contributed by atoms with Gasteiger partial charge in [-0.15, -0.1) is 0 Å². The molecule has 0 amide bonds. The maximum absolute atomic E-state index is 11.4. The van der Waals surface area contributed by atoms with Crippen molar-refractivity contribution in [3.05, 3.63) is 21.2 Å². The smallest absolute Gasteiger partial charge is 0.421 e. The van der Waals surface area contributed by atoms with Crippen LogP contribution in [0.1, 0.15) is 6.92 Å². The van der Waals surface area contributed by atoms with E-state index >= 15 is 0 Å². The van der Waals surface area contributed by atoms with Gasteiger partial charge in [0.1, 0.15) is 6.54 Å². The molecule has 0 unspecified atom stereocenters. The van der Waals surface area contributed by atoms with E-state index in [0.717, 1.165) is 10.7 Å². The molecule has 0 saturated heterocycles. The largest absolute Gasteiger partial charge is 0.480 e. The minimum atomic E-state index is -6.72. The van der Waals surface area contributed by atoms with Crippen LogP contribution in [0.4, 0.5) is 26.3 Å². The Morgan fingerprint density at radius 3 is 1.59 bits per heavy atom. The molecule has 1 heterocycles. The molecular formula is C7H8F6N2O4S3. The summed E-state index contributed by atoms with van der Waals surface area (Å²) in [5.74, 6) is 0. The summed E-state index contributed by atoms with van der Waals surface area (Å²) >= 11 is 1.73. The molecular weight excluding hydrogens is 386 g/mol. The molecule has 1 aromatic rings. The summed E-state index contributed by atoms with van der Waals surface area (Å²) in [6, 6.07) is 0. The standard InChI is InChI=1S/C5H8NS.C2F6NO4S2/c1-2-6-3-4-7-5-6;3-1(4,5)14(10,11)9-15(12,13)2(6,7)8/h3-5H,2H2,1H3;/q+1;-1. The van der Waals surface area contributed by atoms with Gasteiger partial charge in [-0.2, -0.15) is 30.9 Å². The zero-order valence-electron chi connectivity index (χ0n) is 10.5. The molecule has 6 nitrogen and oxygen atoms in total. The second-order valence-electron chi connectivity index (χ2n) is 3.27. The van der Waals surface area contributed by atoms with Gasteiger partial charge in [0.05, 0.1) is 5.38 Å². The van der Waals surface area contributed by atoms with Crippen LogP contribution < -0.4 is 4.57 Å². The lowest BCUT2D eigenvalue weighted by molar-refractivity contribution is -0.688. The molecule has 0 saturated carbocycles. The number of alkyl halides is 6. The van der Waals surface area contributed by atoms with Gasteiger partial charge in [-0.3, -0.25) is 0 Å². The van der Waals surface area contributed by atoms with E-state index in [4.69, 9.17) is 0 Å². The summed E-state index contributed by atoms with van der Waals surface area (Å²) in [4.78, 5) is 0. The monoisotopic (exact) mass is 394 g/mol. The molecule has 0 aromatic carbocycles. The summed E-state index contributed by atoms with van der Waals surface area (Å²) < 4.78 is 111. The van der Waals surface area contributed by atoms with Gasteiger partial charge in [0.2, 0.25) is 5.51 Å². The van der Waals surface area contributed by atoms with E-state index in [1.165, 1.54) is 0 Å². The number of rotatable bonds is 3. The number of sulfonamides is 2. The van der Waals surface area contributed by atoms with Crippen molar-refractivity contribution in [1.82, 2.24) is 0 Å². The van der Waals surface area contributed by atoms with Crippen molar-refractivity contribution in [1.29, 1.82) is 0 Å². The summed E-state index contributed by atoms with van der Waals surface area (Å²) in [7, 11) is -13.4. The molecule has 0 atom stereocenters. The topological polar surface area (TPSA) is 86.3 Å². The fourth-order valence-corrected chi connectivity index (χ4v) is 3.04. The third kappa shape index (κ3) is 6.05. The predicted octanol–water partition coefficient (Wildman–Crippen LogP) is 2.11. The van der Waals surface area contributed by atoms with Gasteiger partial charge in [-0.05, 0) is 6.92 Å². The van der Waals surface area contributed by atoms with Crippen molar-refractivity contribution in [2.24, 2.45) is 0 Å². The van der Waals surface area contributed by atoms with E-state index in [0.29, 0.717) is 0 Å². The molecule has 22 heavy (non-hydrogen) atoms.